The van der Waals surface area contributed by atoms with Crippen molar-refractivity contribution in [3.8, 4) is 10.4 Å². The van der Waals surface area contributed by atoms with E-state index in [9.17, 15) is 19.1 Å². The highest BCUT2D eigenvalue weighted by atomic mass is 32.1. The number of nitrogens with zero attached hydrogens (tertiary/aromatic N) is 1. The van der Waals surface area contributed by atoms with E-state index in [1.165, 1.54) is 12.1 Å². The van der Waals surface area contributed by atoms with Crippen LogP contribution in [-0.4, -0.2) is 22.3 Å². The molecule has 0 aliphatic heterocycles. The second-order valence-electron chi connectivity index (χ2n) is 6.66. The van der Waals surface area contributed by atoms with Crippen molar-refractivity contribution in [3.63, 3.8) is 0 Å². The Labute approximate surface area is 164 Å². The van der Waals surface area contributed by atoms with Gasteiger partial charge in [0.25, 0.3) is 5.91 Å². The van der Waals surface area contributed by atoms with Crippen molar-refractivity contribution < 1.29 is 19.1 Å². The van der Waals surface area contributed by atoms with Crippen LogP contribution in [0, 0.1) is 5.82 Å². The largest absolute Gasteiger partial charge is 0.386 e. The van der Waals surface area contributed by atoms with Gasteiger partial charge in [0.05, 0.1) is 11.2 Å². The molecule has 0 unspecified atom stereocenters. The number of carbonyl (C=O) groups is 2. The first-order valence-corrected chi connectivity index (χ1v) is 9.16. The summed E-state index contributed by atoms with van der Waals surface area (Å²) in [5.41, 5.74) is 5.42. The summed E-state index contributed by atoms with van der Waals surface area (Å²) in [6.45, 7) is 3.14. The van der Waals surface area contributed by atoms with E-state index < -0.39 is 17.3 Å². The van der Waals surface area contributed by atoms with E-state index in [1.807, 2.05) is 0 Å². The highest BCUT2D eigenvalue weighted by molar-refractivity contribution is 7.19. The molecule has 3 rings (SSSR count). The minimum Gasteiger partial charge on any atom is -0.386 e. The van der Waals surface area contributed by atoms with Gasteiger partial charge in [0.2, 0.25) is 0 Å². The van der Waals surface area contributed by atoms with Gasteiger partial charge in [0.15, 0.2) is 6.29 Å². The van der Waals surface area contributed by atoms with Crippen LogP contribution in [0.4, 0.5) is 15.2 Å². The van der Waals surface area contributed by atoms with Gasteiger partial charge in [0, 0.05) is 10.4 Å². The Morgan fingerprint density at radius 2 is 2.04 bits per heavy atom. The number of carbonyl (C=O) groups excluding carboxylic acids is 2. The Kier molecular flexibility index (Phi) is 5.26. The first-order chi connectivity index (χ1) is 13.2. The smallest absolute Gasteiger partial charge is 0.251 e. The molecule has 2 aromatic heterocycles. The van der Waals surface area contributed by atoms with Gasteiger partial charge in [-0.15, -0.1) is 11.3 Å². The Bertz CT molecular complexity index is 1060. The predicted octanol–water partition coefficient (Wildman–Crippen LogP) is 3.83. The van der Waals surface area contributed by atoms with E-state index in [2.05, 4.69) is 10.3 Å². The van der Waals surface area contributed by atoms with Crippen molar-refractivity contribution in [2.75, 3.05) is 5.32 Å². The molecule has 2 heterocycles. The minimum absolute atomic E-state index is 0.185. The molecule has 0 aliphatic carbocycles. The summed E-state index contributed by atoms with van der Waals surface area (Å²) >= 11 is 1.13. The van der Waals surface area contributed by atoms with E-state index in [4.69, 9.17) is 5.73 Å². The molecule has 4 N–H and O–H groups in total. The number of anilines is 2. The normalized spacial score (nSPS) is 11.3. The Hall–Kier alpha value is -3.10. The van der Waals surface area contributed by atoms with Gasteiger partial charge in [-0.05, 0) is 43.7 Å². The zero-order valence-corrected chi connectivity index (χ0v) is 16.0. The van der Waals surface area contributed by atoms with Crippen LogP contribution in [0.15, 0.2) is 42.5 Å². The highest BCUT2D eigenvalue weighted by Crippen LogP contribution is 2.38. The van der Waals surface area contributed by atoms with Crippen molar-refractivity contribution in [3.05, 3.63) is 65.1 Å². The summed E-state index contributed by atoms with van der Waals surface area (Å²) in [7, 11) is 0. The van der Waals surface area contributed by atoms with Gasteiger partial charge in [-0.2, -0.15) is 0 Å². The van der Waals surface area contributed by atoms with Crippen LogP contribution in [-0.2, 0) is 5.60 Å². The molecule has 0 aliphatic rings. The van der Waals surface area contributed by atoms with Gasteiger partial charge in [-0.1, -0.05) is 18.2 Å². The van der Waals surface area contributed by atoms with E-state index >= 15 is 0 Å². The Morgan fingerprint density at radius 1 is 1.29 bits per heavy atom. The monoisotopic (exact) mass is 399 g/mol. The molecule has 0 atom stereocenters. The first-order valence-electron chi connectivity index (χ1n) is 8.34. The number of pyridine rings is 1. The number of hydrogen-bond acceptors (Lipinski definition) is 6. The van der Waals surface area contributed by atoms with Crippen LogP contribution in [0.25, 0.3) is 10.4 Å². The summed E-state index contributed by atoms with van der Waals surface area (Å²) in [5.74, 6) is -0.840. The molecule has 3 aromatic rings. The lowest BCUT2D eigenvalue weighted by atomic mass is 9.96. The van der Waals surface area contributed by atoms with Gasteiger partial charge in [-0.3, -0.25) is 9.59 Å². The fraction of sp³-hybridized carbons (Fsp3) is 0.150. The number of nitrogens with one attached hydrogen (secondary N) is 1. The molecular weight excluding hydrogens is 381 g/mol. The third-order valence-electron chi connectivity index (χ3n) is 4.07. The molecule has 6 nitrogen and oxygen atoms in total. The molecule has 0 saturated carbocycles. The maximum absolute atomic E-state index is 14.6. The second-order valence-corrected chi connectivity index (χ2v) is 7.71. The average molecular weight is 399 g/mol. The zero-order valence-electron chi connectivity index (χ0n) is 15.2. The summed E-state index contributed by atoms with van der Waals surface area (Å²) in [4.78, 5) is 27.3. The van der Waals surface area contributed by atoms with Gasteiger partial charge < -0.3 is 16.2 Å². The summed E-state index contributed by atoms with van der Waals surface area (Å²) in [6, 6.07) is 10.8. The van der Waals surface area contributed by atoms with E-state index in [1.54, 1.807) is 44.2 Å². The number of thiophene rings is 1. The highest BCUT2D eigenvalue weighted by Gasteiger charge is 2.21. The summed E-state index contributed by atoms with van der Waals surface area (Å²) in [6.07, 6.45) is 0.611. The van der Waals surface area contributed by atoms with Gasteiger partial charge in [0.1, 0.15) is 22.3 Å². The van der Waals surface area contributed by atoms with E-state index in [-0.39, 0.29) is 16.8 Å². The molecule has 1 amide bonds. The summed E-state index contributed by atoms with van der Waals surface area (Å²) in [5, 5.41) is 13.4. The van der Waals surface area contributed by atoms with Crippen molar-refractivity contribution in [2.24, 2.45) is 5.73 Å². The first kappa shape index (κ1) is 19.7. The number of hydrogen-bond donors (Lipinski definition) is 3. The van der Waals surface area contributed by atoms with Crippen LogP contribution in [0.3, 0.4) is 0 Å². The number of rotatable bonds is 6. The van der Waals surface area contributed by atoms with Crippen LogP contribution in [0.2, 0.25) is 0 Å². The van der Waals surface area contributed by atoms with E-state index in [0.717, 1.165) is 11.3 Å². The maximum Gasteiger partial charge on any atom is 0.251 e. The number of aliphatic hydroxyl groups is 1. The number of aromatic nitrogens is 1. The molecule has 0 spiro atoms. The molecular formula is C20H18FN3O3S. The molecule has 0 radical (unpaired) electrons. The number of amides is 1. The fourth-order valence-electron chi connectivity index (χ4n) is 2.60. The fourth-order valence-corrected chi connectivity index (χ4v) is 3.70. The molecule has 1 aromatic carbocycles. The maximum atomic E-state index is 14.6. The zero-order chi connectivity index (χ0) is 20.5. The topological polar surface area (TPSA) is 105 Å². The Balaban J connectivity index is 2.01. The third kappa shape index (κ3) is 4.08. The number of halogens is 1. The quantitative estimate of drug-likeness (QED) is 0.546. The third-order valence-corrected chi connectivity index (χ3v) is 5.16. The number of benzene rings is 1. The van der Waals surface area contributed by atoms with E-state index in [0.29, 0.717) is 27.5 Å². The predicted molar refractivity (Wildman–Crippen MR) is 106 cm³/mol. The number of primary amides is 1. The SMILES string of the molecule is CC(C)(O)c1ccc(-c2cc(C(N)=O)c(Nc3cccc(C=O)n3)s2)c(F)c1. The molecule has 0 bridgehead atoms. The standard InChI is InChI=1S/C20H18FN3O3S/c1-20(2,27)11-6-7-13(15(21)8-11)16-9-14(18(22)26)19(28-16)24-17-5-3-4-12(10-25)23-17/h3-10,27H,1-2H3,(H2,22,26)(H,23,24). The van der Waals surface area contributed by atoms with Gasteiger partial charge >= 0.3 is 0 Å². The summed E-state index contributed by atoms with van der Waals surface area (Å²) < 4.78 is 14.6. The molecule has 0 saturated heterocycles. The van der Waals surface area contributed by atoms with Crippen LogP contribution >= 0.6 is 11.3 Å². The van der Waals surface area contributed by atoms with Crippen LogP contribution in [0.5, 0.6) is 0 Å². The lowest BCUT2D eigenvalue weighted by Crippen LogP contribution is -2.15. The molecule has 144 valence electrons. The van der Waals surface area contributed by atoms with Crippen LogP contribution < -0.4 is 11.1 Å². The molecule has 28 heavy (non-hydrogen) atoms. The second kappa shape index (κ2) is 7.49. The van der Waals surface area contributed by atoms with Crippen LogP contribution in [0.1, 0.15) is 40.3 Å². The minimum atomic E-state index is -1.17. The average Bonchev–Trinajstić information content (AvgIpc) is 3.04. The number of aldehydes is 1. The van der Waals surface area contributed by atoms with Crippen molar-refractivity contribution in [2.45, 2.75) is 19.4 Å². The Morgan fingerprint density at radius 3 is 2.64 bits per heavy atom. The lowest BCUT2D eigenvalue weighted by Gasteiger charge is -2.18. The lowest BCUT2D eigenvalue weighted by molar-refractivity contribution is 0.0782. The molecule has 0 fully saturated rings. The number of nitrogens with two attached hydrogens (primary N) is 1. The molecule has 8 heteroatoms. The van der Waals surface area contributed by atoms with Crippen molar-refractivity contribution in [1.29, 1.82) is 0 Å². The van der Waals surface area contributed by atoms with Crippen molar-refractivity contribution >= 4 is 34.3 Å². The van der Waals surface area contributed by atoms with Gasteiger partial charge in [-0.25, -0.2) is 9.37 Å². The van der Waals surface area contributed by atoms with Crippen molar-refractivity contribution in [1.82, 2.24) is 4.98 Å².